The second kappa shape index (κ2) is 10.3. The van der Waals surface area contributed by atoms with E-state index in [4.69, 9.17) is 23.7 Å². The zero-order valence-electron chi connectivity index (χ0n) is 18.8. The van der Waals surface area contributed by atoms with Crippen LogP contribution in [0, 0.1) is 0 Å². The molecule has 0 saturated carbocycles. The summed E-state index contributed by atoms with van der Waals surface area (Å²) >= 11 is 0. The number of amides is 1. The predicted octanol–water partition coefficient (Wildman–Crippen LogP) is 2.69. The molecule has 0 spiro atoms. The topological polar surface area (TPSA) is 69.7 Å². The van der Waals surface area contributed by atoms with Crippen molar-refractivity contribution in [3.63, 3.8) is 0 Å². The number of piperazine rings is 1. The van der Waals surface area contributed by atoms with Crippen LogP contribution in [-0.4, -0.2) is 77.4 Å². The van der Waals surface area contributed by atoms with Crippen molar-refractivity contribution >= 4 is 5.91 Å². The maximum atomic E-state index is 12.9. The molecule has 0 bridgehead atoms. The first-order chi connectivity index (χ1) is 15.1. The Balaban J connectivity index is 1.66. The van der Waals surface area contributed by atoms with Crippen LogP contribution in [0.5, 0.6) is 28.7 Å². The van der Waals surface area contributed by atoms with Crippen LogP contribution in [-0.2, 0) is 6.54 Å². The monoisotopic (exact) mass is 430 g/mol. The van der Waals surface area contributed by atoms with Crippen molar-refractivity contribution in [1.82, 2.24) is 9.80 Å². The Labute approximate surface area is 183 Å². The zero-order chi connectivity index (χ0) is 22.4. The molecule has 8 nitrogen and oxygen atoms in total. The van der Waals surface area contributed by atoms with Crippen molar-refractivity contribution in [3.05, 3.63) is 41.5 Å². The maximum absolute atomic E-state index is 12.9. The average molecular weight is 431 g/mol. The van der Waals surface area contributed by atoms with E-state index in [1.54, 1.807) is 53.7 Å². The highest BCUT2D eigenvalue weighted by Gasteiger charge is 2.25. The summed E-state index contributed by atoms with van der Waals surface area (Å²) in [6.07, 6.45) is 0. The molecule has 1 aliphatic heterocycles. The van der Waals surface area contributed by atoms with Crippen LogP contribution in [0.3, 0.4) is 0 Å². The van der Waals surface area contributed by atoms with E-state index in [0.29, 0.717) is 53.9 Å². The van der Waals surface area contributed by atoms with Gasteiger partial charge >= 0.3 is 0 Å². The molecular weight excluding hydrogens is 400 g/mol. The highest BCUT2D eigenvalue weighted by Crippen LogP contribution is 2.40. The third-order valence-electron chi connectivity index (χ3n) is 5.47. The van der Waals surface area contributed by atoms with Gasteiger partial charge in [-0.15, -0.1) is 0 Å². The molecule has 1 saturated heterocycles. The summed E-state index contributed by atoms with van der Waals surface area (Å²) in [6, 6.07) is 9.12. The van der Waals surface area contributed by atoms with Gasteiger partial charge in [0.15, 0.2) is 23.0 Å². The Bertz CT molecular complexity index is 909. The summed E-state index contributed by atoms with van der Waals surface area (Å²) in [5.41, 5.74) is 1.60. The highest BCUT2D eigenvalue weighted by molar-refractivity contribution is 5.95. The van der Waals surface area contributed by atoms with Crippen molar-refractivity contribution in [2.24, 2.45) is 0 Å². The molecule has 0 atom stereocenters. The summed E-state index contributed by atoms with van der Waals surface area (Å²) in [6.45, 7) is 3.50. The fourth-order valence-corrected chi connectivity index (χ4v) is 3.79. The highest BCUT2D eigenvalue weighted by atomic mass is 16.5. The molecule has 2 aromatic rings. The van der Waals surface area contributed by atoms with E-state index in [0.717, 1.165) is 18.7 Å². The first kappa shape index (κ1) is 22.6. The third-order valence-corrected chi connectivity index (χ3v) is 5.47. The zero-order valence-corrected chi connectivity index (χ0v) is 18.8. The van der Waals surface area contributed by atoms with Gasteiger partial charge in [-0.3, -0.25) is 9.69 Å². The number of hydrogen-bond acceptors (Lipinski definition) is 7. The molecule has 0 unspecified atom stereocenters. The van der Waals surface area contributed by atoms with E-state index >= 15 is 0 Å². The number of ether oxygens (including phenoxy) is 5. The minimum atomic E-state index is -0.00991. The SMILES string of the molecule is COc1ccc(C(=O)N2CCN(Cc3ccc(OC)c(OC)c3OC)CC2)cc1OC. The van der Waals surface area contributed by atoms with Gasteiger partial charge in [0.25, 0.3) is 5.91 Å². The Hall–Kier alpha value is -3.13. The smallest absolute Gasteiger partial charge is 0.254 e. The van der Waals surface area contributed by atoms with E-state index < -0.39 is 0 Å². The normalized spacial score (nSPS) is 14.2. The van der Waals surface area contributed by atoms with Crippen LogP contribution < -0.4 is 23.7 Å². The first-order valence-corrected chi connectivity index (χ1v) is 10.1. The minimum Gasteiger partial charge on any atom is -0.493 e. The van der Waals surface area contributed by atoms with Crippen molar-refractivity contribution in [2.45, 2.75) is 6.54 Å². The van der Waals surface area contributed by atoms with Gasteiger partial charge in [-0.2, -0.15) is 0 Å². The summed E-state index contributed by atoms with van der Waals surface area (Å²) in [7, 11) is 7.97. The largest absolute Gasteiger partial charge is 0.493 e. The van der Waals surface area contributed by atoms with Gasteiger partial charge in [-0.1, -0.05) is 6.07 Å². The van der Waals surface area contributed by atoms with Gasteiger partial charge in [0.05, 0.1) is 35.5 Å². The van der Waals surface area contributed by atoms with Crippen LogP contribution >= 0.6 is 0 Å². The molecule has 0 radical (unpaired) electrons. The van der Waals surface area contributed by atoms with E-state index in [-0.39, 0.29) is 5.91 Å². The summed E-state index contributed by atoms with van der Waals surface area (Å²) < 4.78 is 27.0. The number of carbonyl (C=O) groups is 1. The fraction of sp³-hybridized carbons (Fsp3) is 0.435. The van der Waals surface area contributed by atoms with Crippen molar-refractivity contribution in [2.75, 3.05) is 61.7 Å². The maximum Gasteiger partial charge on any atom is 0.254 e. The minimum absolute atomic E-state index is 0.00991. The molecule has 1 fully saturated rings. The number of methoxy groups -OCH3 is 5. The number of benzene rings is 2. The Morgan fingerprint density at radius 1 is 0.742 bits per heavy atom. The molecule has 8 heteroatoms. The summed E-state index contributed by atoms with van der Waals surface area (Å²) in [5, 5.41) is 0. The van der Waals surface area contributed by atoms with Crippen molar-refractivity contribution < 1.29 is 28.5 Å². The van der Waals surface area contributed by atoms with E-state index in [1.807, 2.05) is 17.0 Å². The van der Waals surface area contributed by atoms with Crippen LogP contribution in [0.25, 0.3) is 0 Å². The number of carbonyl (C=O) groups excluding carboxylic acids is 1. The molecule has 3 rings (SSSR count). The summed E-state index contributed by atoms with van der Waals surface area (Å²) in [4.78, 5) is 17.1. The quantitative estimate of drug-likeness (QED) is 0.638. The lowest BCUT2D eigenvalue weighted by Crippen LogP contribution is -2.48. The number of nitrogens with zero attached hydrogens (tertiary/aromatic N) is 2. The number of hydrogen-bond donors (Lipinski definition) is 0. The Morgan fingerprint density at radius 3 is 1.94 bits per heavy atom. The van der Waals surface area contributed by atoms with E-state index in [2.05, 4.69) is 4.90 Å². The lowest BCUT2D eigenvalue weighted by molar-refractivity contribution is 0.0627. The molecular formula is C23H30N2O6. The van der Waals surface area contributed by atoms with Crippen LogP contribution in [0.15, 0.2) is 30.3 Å². The first-order valence-electron chi connectivity index (χ1n) is 10.1. The van der Waals surface area contributed by atoms with Gasteiger partial charge in [0, 0.05) is 43.9 Å². The van der Waals surface area contributed by atoms with E-state index in [9.17, 15) is 4.79 Å². The molecule has 0 aromatic heterocycles. The van der Waals surface area contributed by atoms with Gasteiger partial charge < -0.3 is 28.6 Å². The lowest BCUT2D eigenvalue weighted by Gasteiger charge is -2.35. The lowest BCUT2D eigenvalue weighted by atomic mass is 10.1. The Kier molecular flexibility index (Phi) is 7.46. The molecule has 31 heavy (non-hydrogen) atoms. The summed E-state index contributed by atoms with van der Waals surface area (Å²) in [5.74, 6) is 3.04. The van der Waals surface area contributed by atoms with Gasteiger partial charge in [-0.05, 0) is 24.3 Å². The molecule has 1 amide bonds. The van der Waals surface area contributed by atoms with Crippen molar-refractivity contribution in [3.8, 4) is 28.7 Å². The van der Waals surface area contributed by atoms with Crippen LogP contribution in [0.4, 0.5) is 0 Å². The number of rotatable bonds is 8. The van der Waals surface area contributed by atoms with Crippen LogP contribution in [0.2, 0.25) is 0 Å². The van der Waals surface area contributed by atoms with Gasteiger partial charge in [0.2, 0.25) is 5.75 Å². The van der Waals surface area contributed by atoms with Gasteiger partial charge in [-0.25, -0.2) is 0 Å². The Morgan fingerprint density at radius 2 is 1.35 bits per heavy atom. The van der Waals surface area contributed by atoms with Crippen LogP contribution in [0.1, 0.15) is 15.9 Å². The third kappa shape index (κ3) is 4.80. The average Bonchev–Trinajstić information content (AvgIpc) is 2.83. The molecule has 0 N–H and O–H groups in total. The molecule has 1 aliphatic rings. The molecule has 168 valence electrons. The molecule has 2 aromatic carbocycles. The molecule has 1 heterocycles. The van der Waals surface area contributed by atoms with E-state index in [1.165, 1.54) is 0 Å². The predicted molar refractivity (Wildman–Crippen MR) is 117 cm³/mol. The van der Waals surface area contributed by atoms with Gasteiger partial charge in [0.1, 0.15) is 0 Å². The second-order valence-electron chi connectivity index (χ2n) is 7.13. The standard InChI is InChI=1S/C23H30N2O6/c1-27-18-8-6-16(14-20(18)29-3)23(26)25-12-10-24(11-13-25)15-17-7-9-19(28-2)22(31-5)21(17)30-4/h6-9,14H,10-13,15H2,1-5H3. The second-order valence-corrected chi connectivity index (χ2v) is 7.13. The molecule has 0 aliphatic carbocycles. The fourth-order valence-electron chi connectivity index (χ4n) is 3.79. The van der Waals surface area contributed by atoms with Crippen molar-refractivity contribution in [1.29, 1.82) is 0 Å².